The molecule has 0 N–H and O–H groups in total. The van der Waals surface area contributed by atoms with Gasteiger partial charge in [0, 0.05) is 18.5 Å². The topological polar surface area (TPSA) is 72.4 Å². The molecule has 0 aromatic carbocycles. The van der Waals surface area contributed by atoms with Gasteiger partial charge in [-0.15, -0.1) is 5.10 Å². The summed E-state index contributed by atoms with van der Waals surface area (Å²) in [4.78, 5) is 25.4. The SMILES string of the molecule is CCOC(=O)[C@H]1CCCN(C(=O)c2csnn2)C1. The molecule has 18 heavy (non-hydrogen) atoms. The first-order valence-corrected chi connectivity index (χ1v) is 6.79. The Morgan fingerprint density at radius 3 is 3.11 bits per heavy atom. The lowest BCUT2D eigenvalue weighted by Crippen LogP contribution is -2.42. The van der Waals surface area contributed by atoms with Crippen LogP contribution in [0.2, 0.25) is 0 Å². The number of rotatable bonds is 3. The standard InChI is InChI=1S/C11H15N3O3S/c1-2-17-11(16)8-4-3-5-14(6-8)10(15)9-7-18-13-12-9/h7-8H,2-6H2,1H3/t8-/m0/s1. The molecule has 1 aliphatic rings. The zero-order chi connectivity index (χ0) is 13.0. The van der Waals surface area contributed by atoms with E-state index in [0.717, 1.165) is 24.4 Å². The van der Waals surface area contributed by atoms with E-state index >= 15 is 0 Å². The maximum absolute atomic E-state index is 12.1. The van der Waals surface area contributed by atoms with E-state index in [-0.39, 0.29) is 17.8 Å². The average Bonchev–Trinajstić information content (AvgIpc) is 2.92. The Bertz CT molecular complexity index is 421. The Balaban J connectivity index is 1.98. The normalized spacial score (nSPS) is 19.6. The molecule has 0 aliphatic carbocycles. The van der Waals surface area contributed by atoms with Crippen molar-refractivity contribution in [3.05, 3.63) is 11.1 Å². The summed E-state index contributed by atoms with van der Waals surface area (Å²) in [5.74, 6) is -0.585. The third kappa shape index (κ3) is 2.84. The van der Waals surface area contributed by atoms with Gasteiger partial charge in [0.1, 0.15) is 0 Å². The van der Waals surface area contributed by atoms with Crippen molar-refractivity contribution in [1.29, 1.82) is 0 Å². The maximum Gasteiger partial charge on any atom is 0.310 e. The fourth-order valence-corrected chi connectivity index (χ4v) is 2.46. The smallest absolute Gasteiger partial charge is 0.310 e. The van der Waals surface area contributed by atoms with Crippen LogP contribution in [0.25, 0.3) is 0 Å². The van der Waals surface area contributed by atoms with E-state index in [1.807, 2.05) is 0 Å². The molecule has 2 rings (SSSR count). The zero-order valence-corrected chi connectivity index (χ0v) is 11.0. The Labute approximate surface area is 109 Å². The monoisotopic (exact) mass is 269 g/mol. The molecule has 1 aliphatic heterocycles. The second-order valence-electron chi connectivity index (χ2n) is 4.13. The number of ether oxygens (including phenoxy) is 1. The molecule has 7 heteroatoms. The number of aromatic nitrogens is 2. The van der Waals surface area contributed by atoms with Gasteiger partial charge in [0.2, 0.25) is 0 Å². The van der Waals surface area contributed by atoms with Gasteiger partial charge in [0.15, 0.2) is 5.69 Å². The molecule has 2 heterocycles. The van der Waals surface area contributed by atoms with Crippen LogP contribution in [0, 0.1) is 5.92 Å². The van der Waals surface area contributed by atoms with E-state index in [0.29, 0.717) is 25.4 Å². The van der Waals surface area contributed by atoms with Crippen molar-refractivity contribution < 1.29 is 14.3 Å². The van der Waals surface area contributed by atoms with E-state index in [2.05, 4.69) is 9.59 Å². The van der Waals surface area contributed by atoms with E-state index in [4.69, 9.17) is 4.74 Å². The Morgan fingerprint density at radius 1 is 1.61 bits per heavy atom. The van der Waals surface area contributed by atoms with Crippen molar-refractivity contribution in [1.82, 2.24) is 14.5 Å². The highest BCUT2D eigenvalue weighted by Gasteiger charge is 2.30. The highest BCUT2D eigenvalue weighted by molar-refractivity contribution is 7.03. The van der Waals surface area contributed by atoms with E-state index in [1.54, 1.807) is 17.2 Å². The van der Waals surface area contributed by atoms with Crippen LogP contribution in [-0.4, -0.2) is 46.1 Å². The van der Waals surface area contributed by atoms with Crippen LogP contribution in [0.5, 0.6) is 0 Å². The minimum atomic E-state index is -0.216. The quantitative estimate of drug-likeness (QED) is 0.764. The molecule has 6 nitrogen and oxygen atoms in total. The van der Waals surface area contributed by atoms with Gasteiger partial charge < -0.3 is 9.64 Å². The highest BCUT2D eigenvalue weighted by atomic mass is 32.1. The van der Waals surface area contributed by atoms with Gasteiger partial charge in [-0.25, -0.2) is 0 Å². The summed E-state index contributed by atoms with van der Waals surface area (Å²) in [5.41, 5.74) is 0.351. The first-order valence-electron chi connectivity index (χ1n) is 5.95. The van der Waals surface area contributed by atoms with Gasteiger partial charge in [-0.05, 0) is 31.3 Å². The minimum absolute atomic E-state index is 0.155. The highest BCUT2D eigenvalue weighted by Crippen LogP contribution is 2.19. The number of carbonyl (C=O) groups is 2. The molecule has 0 spiro atoms. The van der Waals surface area contributed by atoms with Crippen LogP contribution in [-0.2, 0) is 9.53 Å². The molecule has 1 saturated heterocycles. The molecule has 0 bridgehead atoms. The molecule has 0 unspecified atom stereocenters. The number of hydrogen-bond donors (Lipinski definition) is 0. The van der Waals surface area contributed by atoms with Crippen molar-refractivity contribution in [2.75, 3.05) is 19.7 Å². The summed E-state index contributed by atoms with van der Waals surface area (Å²) in [6.07, 6.45) is 1.59. The molecular formula is C11H15N3O3S. The molecular weight excluding hydrogens is 254 g/mol. The number of carbonyl (C=O) groups excluding carboxylic acids is 2. The van der Waals surface area contributed by atoms with Crippen molar-refractivity contribution in [3.8, 4) is 0 Å². The summed E-state index contributed by atoms with van der Waals surface area (Å²) < 4.78 is 8.67. The fourth-order valence-electron chi connectivity index (χ4n) is 2.03. The van der Waals surface area contributed by atoms with Crippen LogP contribution >= 0.6 is 11.5 Å². The predicted molar refractivity (Wildman–Crippen MR) is 65.2 cm³/mol. The van der Waals surface area contributed by atoms with Gasteiger partial charge in [-0.3, -0.25) is 9.59 Å². The van der Waals surface area contributed by atoms with Gasteiger partial charge in [0.25, 0.3) is 5.91 Å². The third-order valence-electron chi connectivity index (χ3n) is 2.91. The molecule has 0 radical (unpaired) electrons. The molecule has 1 atom stereocenters. The summed E-state index contributed by atoms with van der Waals surface area (Å²) >= 11 is 1.15. The maximum atomic E-state index is 12.1. The molecule has 0 saturated carbocycles. The molecule has 1 aromatic heterocycles. The Hall–Kier alpha value is -1.50. The van der Waals surface area contributed by atoms with Crippen LogP contribution < -0.4 is 0 Å². The van der Waals surface area contributed by atoms with E-state index < -0.39 is 0 Å². The van der Waals surface area contributed by atoms with Gasteiger partial charge in [-0.1, -0.05) is 4.49 Å². The summed E-state index contributed by atoms with van der Waals surface area (Å²) in [5, 5.41) is 5.38. The zero-order valence-electron chi connectivity index (χ0n) is 10.2. The number of likely N-dealkylation sites (tertiary alicyclic amines) is 1. The average molecular weight is 269 g/mol. The molecule has 98 valence electrons. The van der Waals surface area contributed by atoms with Crippen LogP contribution in [0.15, 0.2) is 5.38 Å². The van der Waals surface area contributed by atoms with Crippen LogP contribution in [0.4, 0.5) is 0 Å². The lowest BCUT2D eigenvalue weighted by molar-refractivity contribution is -0.149. The van der Waals surface area contributed by atoms with Crippen LogP contribution in [0.3, 0.4) is 0 Å². The third-order valence-corrected chi connectivity index (χ3v) is 3.41. The molecule has 1 fully saturated rings. The van der Waals surface area contributed by atoms with Gasteiger partial charge in [-0.2, -0.15) is 0 Å². The van der Waals surface area contributed by atoms with Crippen molar-refractivity contribution in [2.45, 2.75) is 19.8 Å². The first kappa shape index (κ1) is 12.9. The molecule has 1 aromatic rings. The van der Waals surface area contributed by atoms with Gasteiger partial charge >= 0.3 is 5.97 Å². The lowest BCUT2D eigenvalue weighted by atomic mass is 9.98. The summed E-state index contributed by atoms with van der Waals surface area (Å²) in [6, 6.07) is 0. The second kappa shape index (κ2) is 5.90. The number of piperidine rings is 1. The lowest BCUT2D eigenvalue weighted by Gasteiger charge is -2.30. The van der Waals surface area contributed by atoms with E-state index in [9.17, 15) is 9.59 Å². The Morgan fingerprint density at radius 2 is 2.44 bits per heavy atom. The van der Waals surface area contributed by atoms with Gasteiger partial charge in [0.05, 0.1) is 12.5 Å². The van der Waals surface area contributed by atoms with Crippen molar-refractivity contribution in [3.63, 3.8) is 0 Å². The van der Waals surface area contributed by atoms with Crippen molar-refractivity contribution in [2.24, 2.45) is 5.92 Å². The predicted octanol–water partition coefficient (Wildman–Crippen LogP) is 0.953. The fraction of sp³-hybridized carbons (Fsp3) is 0.636. The number of hydrogen-bond acceptors (Lipinski definition) is 6. The van der Waals surface area contributed by atoms with Crippen molar-refractivity contribution >= 4 is 23.4 Å². The second-order valence-corrected chi connectivity index (χ2v) is 4.74. The van der Waals surface area contributed by atoms with Crippen LogP contribution in [0.1, 0.15) is 30.3 Å². The van der Waals surface area contributed by atoms with E-state index in [1.165, 1.54) is 0 Å². The number of esters is 1. The number of nitrogens with zero attached hydrogens (tertiary/aromatic N) is 3. The molecule has 1 amide bonds. The summed E-state index contributed by atoms with van der Waals surface area (Å²) in [7, 11) is 0. The Kier molecular flexibility index (Phi) is 4.24. The first-order chi connectivity index (χ1) is 8.72. The largest absolute Gasteiger partial charge is 0.466 e. The minimum Gasteiger partial charge on any atom is -0.466 e. The summed E-state index contributed by atoms with van der Waals surface area (Å²) in [6.45, 7) is 3.23. The number of amides is 1.